The number of carbonyl (C=O) groups is 1. The van der Waals surface area contributed by atoms with Crippen LogP contribution in [0.25, 0.3) is 0 Å². The summed E-state index contributed by atoms with van der Waals surface area (Å²) in [7, 11) is 0. The number of hydrogen-bond acceptors (Lipinski definition) is 6. The summed E-state index contributed by atoms with van der Waals surface area (Å²) in [5.41, 5.74) is 0.263. The maximum Gasteiger partial charge on any atom is 0.261 e. The number of ether oxygens (including phenoxy) is 2. The molecule has 2 N–H and O–H groups in total. The van der Waals surface area contributed by atoms with Crippen molar-refractivity contribution in [1.29, 1.82) is 0 Å². The van der Waals surface area contributed by atoms with E-state index in [4.69, 9.17) is 9.47 Å². The molecule has 0 spiro atoms. The van der Waals surface area contributed by atoms with Crippen LogP contribution in [-0.4, -0.2) is 22.9 Å². The van der Waals surface area contributed by atoms with Gasteiger partial charge in [-0.1, -0.05) is 48.2 Å². The van der Waals surface area contributed by atoms with Gasteiger partial charge < -0.3 is 25.1 Å². The minimum atomic E-state index is -2.37. The molecule has 43 heavy (non-hydrogen) atoms. The molecule has 0 unspecified atom stereocenters. The number of rotatable bonds is 8. The number of nitrogens with one attached hydrogen (secondary N) is 1. The lowest BCUT2D eigenvalue weighted by molar-refractivity contribution is -0.645. The van der Waals surface area contributed by atoms with E-state index >= 15 is 0 Å². The monoisotopic (exact) mass is 618 g/mol. The van der Waals surface area contributed by atoms with Gasteiger partial charge in [-0.15, -0.1) is 0 Å². The van der Waals surface area contributed by atoms with Crippen molar-refractivity contribution >= 4 is 23.4 Å². The van der Waals surface area contributed by atoms with E-state index in [1.807, 2.05) is 12.1 Å². The van der Waals surface area contributed by atoms with E-state index in [0.717, 1.165) is 10.3 Å². The first kappa shape index (κ1) is 30.4. The minimum Gasteiger partial charge on any atom is -0.618 e. The van der Waals surface area contributed by atoms with Gasteiger partial charge in [-0.2, -0.15) is 4.73 Å². The second kappa shape index (κ2) is 13.1. The predicted octanol–water partition coefficient (Wildman–Crippen LogP) is 6.10. The van der Waals surface area contributed by atoms with Crippen molar-refractivity contribution < 1.29 is 46.1 Å². The van der Waals surface area contributed by atoms with Crippen molar-refractivity contribution in [1.82, 2.24) is 0 Å². The molecule has 0 aliphatic carbocycles. The summed E-state index contributed by atoms with van der Waals surface area (Å²) in [5, 5.41) is 24.1. The number of halogens is 5. The van der Waals surface area contributed by atoms with E-state index in [-0.39, 0.29) is 12.3 Å². The SMILES string of the molecule is O=C(Nc1cccc([C@H]2O[C@@H](CSc3cccc[n+]3[O-])C[C@@H](c3ccc(CO)cc3)O2)c1)c1c(F)c(F)c(F)c(F)c1F. The van der Waals surface area contributed by atoms with Crippen LogP contribution in [0, 0.1) is 34.3 Å². The van der Waals surface area contributed by atoms with Crippen molar-refractivity contribution in [3.63, 3.8) is 0 Å². The average Bonchev–Trinajstić information content (AvgIpc) is 3.02. The first-order chi connectivity index (χ1) is 20.7. The Morgan fingerprint density at radius 3 is 2.28 bits per heavy atom. The molecule has 1 aliphatic rings. The molecule has 1 aliphatic heterocycles. The molecule has 1 amide bonds. The van der Waals surface area contributed by atoms with Gasteiger partial charge in [-0.05, 0) is 29.3 Å². The standard InChI is InChI=1S/C30H23F5N2O5S/c31-24-23(25(32)27(34)28(35)26(24)33)29(39)36-19-5-3-4-18(12-19)30-41-20(15-43-22-6-1-2-11-37(22)40)13-21(42-30)17-9-7-16(14-38)8-10-17/h1-12,20-21,30,38H,13-15H2,(H,36,39)/t20-,21+,30+/m1/s1. The fourth-order valence-electron chi connectivity index (χ4n) is 4.49. The van der Waals surface area contributed by atoms with Crippen LogP contribution in [0.4, 0.5) is 27.6 Å². The summed E-state index contributed by atoms with van der Waals surface area (Å²) >= 11 is 1.29. The number of aromatic nitrogens is 1. The van der Waals surface area contributed by atoms with Crippen LogP contribution >= 0.6 is 11.8 Å². The third-order valence-corrected chi connectivity index (χ3v) is 7.82. The summed E-state index contributed by atoms with van der Waals surface area (Å²) < 4.78 is 82.3. The van der Waals surface area contributed by atoms with Gasteiger partial charge in [0.15, 0.2) is 35.8 Å². The summed E-state index contributed by atoms with van der Waals surface area (Å²) in [6.07, 6.45) is -0.0853. The topological polar surface area (TPSA) is 94.7 Å². The third-order valence-electron chi connectivity index (χ3n) is 6.67. The molecule has 3 atom stereocenters. The Bertz CT molecular complexity index is 1610. The molecule has 224 valence electrons. The lowest BCUT2D eigenvalue weighted by atomic mass is 10.0. The summed E-state index contributed by atoms with van der Waals surface area (Å²) in [6, 6.07) is 18.0. The molecular formula is C30H23F5N2O5S. The lowest BCUT2D eigenvalue weighted by Crippen LogP contribution is -2.32. The number of aliphatic hydroxyl groups is 1. The van der Waals surface area contributed by atoms with Gasteiger partial charge in [0.25, 0.3) is 10.9 Å². The van der Waals surface area contributed by atoms with Crippen molar-refractivity contribution in [2.75, 3.05) is 11.1 Å². The highest BCUT2D eigenvalue weighted by molar-refractivity contribution is 7.99. The van der Waals surface area contributed by atoms with Crippen LogP contribution in [-0.2, 0) is 16.1 Å². The normalized spacial score (nSPS) is 18.4. The number of nitrogens with zero attached hydrogens (tertiary/aromatic N) is 1. The second-order valence-corrected chi connectivity index (χ2v) is 10.6. The van der Waals surface area contributed by atoms with Crippen LogP contribution < -0.4 is 10.0 Å². The van der Waals surface area contributed by atoms with E-state index in [1.165, 1.54) is 36.2 Å². The highest BCUT2D eigenvalue weighted by Crippen LogP contribution is 2.39. The molecule has 1 fully saturated rings. The molecule has 1 aromatic heterocycles. The molecule has 7 nitrogen and oxygen atoms in total. The van der Waals surface area contributed by atoms with Crippen LogP contribution in [0.2, 0.25) is 0 Å². The van der Waals surface area contributed by atoms with Gasteiger partial charge in [0.1, 0.15) is 5.56 Å². The average molecular weight is 619 g/mol. The van der Waals surface area contributed by atoms with E-state index < -0.39 is 59.1 Å². The van der Waals surface area contributed by atoms with Crippen LogP contribution in [0.3, 0.4) is 0 Å². The second-order valence-electron chi connectivity index (χ2n) is 9.55. The highest BCUT2D eigenvalue weighted by atomic mass is 32.2. The number of carbonyl (C=O) groups excluding carboxylic acids is 1. The lowest BCUT2D eigenvalue weighted by Gasteiger charge is -2.36. The molecule has 13 heteroatoms. The molecule has 5 rings (SSSR count). The Morgan fingerprint density at radius 1 is 0.907 bits per heavy atom. The van der Waals surface area contributed by atoms with Gasteiger partial charge >= 0.3 is 0 Å². The Balaban J connectivity index is 1.39. The fraction of sp³-hybridized carbons (Fsp3) is 0.200. The number of amides is 1. The molecule has 2 heterocycles. The Morgan fingerprint density at radius 2 is 1.60 bits per heavy atom. The number of aliphatic hydroxyl groups excluding tert-OH is 1. The van der Waals surface area contributed by atoms with Crippen LogP contribution in [0.5, 0.6) is 0 Å². The van der Waals surface area contributed by atoms with Gasteiger partial charge in [0, 0.05) is 35.6 Å². The molecule has 0 saturated carbocycles. The zero-order chi connectivity index (χ0) is 30.7. The van der Waals surface area contributed by atoms with Gasteiger partial charge in [-0.25, -0.2) is 22.0 Å². The highest BCUT2D eigenvalue weighted by Gasteiger charge is 2.33. The van der Waals surface area contributed by atoms with Crippen molar-refractivity contribution in [3.8, 4) is 0 Å². The zero-order valence-electron chi connectivity index (χ0n) is 22.1. The predicted molar refractivity (Wildman–Crippen MR) is 145 cm³/mol. The number of anilines is 1. The third kappa shape index (κ3) is 6.64. The molecule has 1 saturated heterocycles. The summed E-state index contributed by atoms with van der Waals surface area (Å²) in [4.78, 5) is 12.6. The largest absolute Gasteiger partial charge is 0.618 e. The molecule has 3 aromatic carbocycles. The van der Waals surface area contributed by atoms with Crippen molar-refractivity contribution in [2.24, 2.45) is 0 Å². The van der Waals surface area contributed by atoms with Crippen molar-refractivity contribution in [3.05, 3.63) is 129 Å². The number of benzene rings is 3. The van der Waals surface area contributed by atoms with E-state index in [9.17, 15) is 37.1 Å². The number of pyridine rings is 1. The Hall–Kier alpha value is -4.04. The van der Waals surface area contributed by atoms with Crippen LogP contribution in [0.15, 0.2) is 78.0 Å². The summed E-state index contributed by atoms with van der Waals surface area (Å²) in [5.74, 6) is -12.5. The first-order valence-corrected chi connectivity index (χ1v) is 13.9. The zero-order valence-corrected chi connectivity index (χ0v) is 22.9. The number of hydrogen-bond donors (Lipinski definition) is 2. The minimum absolute atomic E-state index is 0.0179. The van der Waals surface area contributed by atoms with Gasteiger partial charge in [0.05, 0.1) is 18.8 Å². The number of thioether (sulfide) groups is 1. The van der Waals surface area contributed by atoms with Gasteiger partial charge in [0.2, 0.25) is 5.82 Å². The molecule has 4 aromatic rings. The maximum absolute atomic E-state index is 14.2. The van der Waals surface area contributed by atoms with Gasteiger partial charge in [-0.3, -0.25) is 4.79 Å². The quantitative estimate of drug-likeness (QED) is 0.0620. The Kier molecular flexibility index (Phi) is 9.25. The van der Waals surface area contributed by atoms with Crippen molar-refractivity contribution in [2.45, 2.75) is 36.6 Å². The molecular weight excluding hydrogens is 595 g/mol. The fourth-order valence-corrected chi connectivity index (χ4v) is 5.42. The van der Waals surface area contributed by atoms with Crippen LogP contribution in [0.1, 0.15) is 45.9 Å². The smallest absolute Gasteiger partial charge is 0.261 e. The van der Waals surface area contributed by atoms with E-state index in [1.54, 1.807) is 36.4 Å². The maximum atomic E-state index is 14.2. The van der Waals surface area contributed by atoms with E-state index in [0.29, 0.717) is 28.3 Å². The molecule has 0 bridgehead atoms. The van der Waals surface area contributed by atoms with E-state index in [2.05, 4.69) is 5.32 Å². The Labute approximate surface area is 246 Å². The first-order valence-electron chi connectivity index (χ1n) is 12.9. The summed E-state index contributed by atoms with van der Waals surface area (Å²) in [6.45, 7) is -0.132. The molecule has 0 radical (unpaired) electrons.